The Balaban J connectivity index is 1.64. The minimum absolute atomic E-state index is 0.00643. The van der Waals surface area contributed by atoms with E-state index < -0.39 is 19.2 Å². The third-order valence-electron chi connectivity index (χ3n) is 5.30. The van der Waals surface area contributed by atoms with Gasteiger partial charge in [0.2, 0.25) is 0 Å². The van der Waals surface area contributed by atoms with Gasteiger partial charge in [-0.05, 0) is 30.5 Å². The number of rotatable bonds is 7. The van der Waals surface area contributed by atoms with Crippen LogP contribution in [0.25, 0.3) is 0 Å². The zero-order chi connectivity index (χ0) is 21.6. The fourth-order valence-corrected chi connectivity index (χ4v) is 3.71. The summed E-state index contributed by atoms with van der Waals surface area (Å²) in [5.74, 6) is 0.676. The smallest absolute Gasteiger partial charge is 0.391 e. The Labute approximate surface area is 174 Å². The van der Waals surface area contributed by atoms with E-state index in [1.165, 1.54) is 12.7 Å². The molecule has 1 atom stereocenters. The summed E-state index contributed by atoms with van der Waals surface area (Å²) in [4.78, 5) is 14.9. The van der Waals surface area contributed by atoms with Crippen molar-refractivity contribution in [3.05, 3.63) is 65.2 Å². The predicted molar refractivity (Wildman–Crippen MR) is 108 cm³/mol. The van der Waals surface area contributed by atoms with Crippen molar-refractivity contribution in [1.29, 1.82) is 0 Å². The highest BCUT2D eigenvalue weighted by Crippen LogP contribution is 2.29. The lowest BCUT2D eigenvalue weighted by Gasteiger charge is -2.33. The lowest BCUT2D eigenvalue weighted by molar-refractivity contribution is -0.146. The van der Waals surface area contributed by atoms with Crippen molar-refractivity contribution >= 4 is 5.91 Å². The average Bonchev–Trinajstić information content (AvgIpc) is 2.76. The van der Waals surface area contributed by atoms with Crippen LogP contribution in [0.1, 0.15) is 46.7 Å². The molecule has 1 aliphatic rings. The van der Waals surface area contributed by atoms with E-state index in [9.17, 15) is 18.0 Å². The molecule has 1 fully saturated rings. The molecule has 4 nitrogen and oxygen atoms in total. The summed E-state index contributed by atoms with van der Waals surface area (Å²) in [6.45, 7) is 0.940. The molecule has 0 radical (unpaired) electrons. The summed E-state index contributed by atoms with van der Waals surface area (Å²) in [7, 11) is 1.47. The topological polar surface area (TPSA) is 38.8 Å². The Bertz CT molecular complexity index is 839. The van der Waals surface area contributed by atoms with Crippen molar-refractivity contribution in [2.45, 2.75) is 38.0 Å². The van der Waals surface area contributed by atoms with Crippen molar-refractivity contribution in [3.8, 4) is 5.75 Å². The molecule has 7 heteroatoms. The van der Waals surface area contributed by atoms with E-state index in [0.29, 0.717) is 35.9 Å². The maximum absolute atomic E-state index is 13.0. The summed E-state index contributed by atoms with van der Waals surface area (Å²) in [6.07, 6.45) is -3.26. The molecule has 3 rings (SSSR count). The van der Waals surface area contributed by atoms with Gasteiger partial charge in [-0.1, -0.05) is 36.4 Å². The van der Waals surface area contributed by atoms with E-state index in [-0.39, 0.29) is 12.5 Å². The molecule has 1 heterocycles. The number of methoxy groups -OCH3 is 1. The van der Waals surface area contributed by atoms with Gasteiger partial charge in [0.05, 0.1) is 26.7 Å². The van der Waals surface area contributed by atoms with Crippen molar-refractivity contribution < 1.29 is 27.4 Å². The van der Waals surface area contributed by atoms with Gasteiger partial charge in [0.25, 0.3) is 5.91 Å². The van der Waals surface area contributed by atoms with Gasteiger partial charge in [-0.2, -0.15) is 13.2 Å². The fraction of sp³-hybridized carbons (Fsp3) is 0.435. The molecule has 0 spiro atoms. The number of carbonyl (C=O) groups is 1. The van der Waals surface area contributed by atoms with E-state index in [1.54, 1.807) is 18.2 Å². The zero-order valence-corrected chi connectivity index (χ0v) is 17.0. The van der Waals surface area contributed by atoms with E-state index >= 15 is 0 Å². The minimum atomic E-state index is -4.24. The molecule has 162 valence electrons. The molecule has 2 aromatic carbocycles. The van der Waals surface area contributed by atoms with Gasteiger partial charge >= 0.3 is 6.18 Å². The van der Waals surface area contributed by atoms with Crippen molar-refractivity contribution in [1.82, 2.24) is 4.90 Å². The first-order chi connectivity index (χ1) is 14.4. The first-order valence-corrected chi connectivity index (χ1v) is 10.0. The van der Waals surface area contributed by atoms with Gasteiger partial charge in [-0.25, -0.2) is 0 Å². The number of piperidine rings is 1. The van der Waals surface area contributed by atoms with E-state index in [4.69, 9.17) is 9.47 Å². The van der Waals surface area contributed by atoms with Crippen molar-refractivity contribution in [2.24, 2.45) is 0 Å². The number of hydrogen-bond acceptors (Lipinski definition) is 3. The number of amides is 1. The van der Waals surface area contributed by atoms with Crippen molar-refractivity contribution in [3.63, 3.8) is 0 Å². The molecule has 1 aliphatic heterocycles. The lowest BCUT2D eigenvalue weighted by atomic mass is 9.90. The van der Waals surface area contributed by atoms with Crippen LogP contribution in [0, 0.1) is 0 Å². The van der Waals surface area contributed by atoms with Gasteiger partial charge in [0.15, 0.2) is 0 Å². The van der Waals surface area contributed by atoms with Crippen LogP contribution >= 0.6 is 0 Å². The molecule has 0 bridgehead atoms. The maximum atomic E-state index is 13.0. The molecular formula is C23H26F3NO3. The summed E-state index contributed by atoms with van der Waals surface area (Å²) in [5.41, 5.74) is 2.34. The summed E-state index contributed by atoms with van der Waals surface area (Å²) >= 11 is 0. The average molecular weight is 421 g/mol. The Morgan fingerprint density at radius 1 is 1.17 bits per heavy atom. The number of ether oxygens (including phenoxy) is 2. The molecular weight excluding hydrogens is 395 g/mol. The highest BCUT2D eigenvalue weighted by Gasteiger charge is 2.27. The third-order valence-corrected chi connectivity index (χ3v) is 5.30. The molecule has 0 saturated carbocycles. The summed E-state index contributed by atoms with van der Waals surface area (Å²) in [5, 5.41) is 0. The Kier molecular flexibility index (Phi) is 7.37. The van der Waals surface area contributed by atoms with Crippen LogP contribution in [0.4, 0.5) is 13.2 Å². The highest BCUT2D eigenvalue weighted by atomic mass is 19.4. The molecule has 0 aromatic heterocycles. The second kappa shape index (κ2) is 9.98. The summed E-state index contributed by atoms with van der Waals surface area (Å²) < 4.78 is 47.2. The van der Waals surface area contributed by atoms with Gasteiger partial charge in [-0.3, -0.25) is 4.79 Å². The molecule has 0 aliphatic carbocycles. The minimum Gasteiger partial charge on any atom is -0.496 e. The van der Waals surface area contributed by atoms with Crippen LogP contribution in [0.3, 0.4) is 0 Å². The number of carbonyl (C=O) groups excluding carboxylic acids is 1. The van der Waals surface area contributed by atoms with Crippen molar-refractivity contribution in [2.75, 3.05) is 26.8 Å². The second-order valence-electron chi connectivity index (χ2n) is 7.45. The van der Waals surface area contributed by atoms with E-state index in [2.05, 4.69) is 12.1 Å². The number of hydrogen-bond donors (Lipinski definition) is 0. The Hall–Kier alpha value is -2.54. The monoisotopic (exact) mass is 421 g/mol. The van der Waals surface area contributed by atoms with Gasteiger partial charge in [-0.15, -0.1) is 0 Å². The van der Waals surface area contributed by atoms with Crippen LogP contribution in [0.2, 0.25) is 0 Å². The largest absolute Gasteiger partial charge is 0.496 e. The number of alkyl halides is 3. The molecule has 30 heavy (non-hydrogen) atoms. The highest BCUT2D eigenvalue weighted by molar-refractivity contribution is 5.94. The molecule has 2 aromatic rings. The molecule has 1 amide bonds. The van der Waals surface area contributed by atoms with Gasteiger partial charge in [0, 0.05) is 30.1 Å². The van der Waals surface area contributed by atoms with E-state index in [0.717, 1.165) is 12.8 Å². The fourth-order valence-electron chi connectivity index (χ4n) is 3.71. The number of halogens is 3. The third kappa shape index (κ3) is 5.98. The Morgan fingerprint density at radius 2 is 1.93 bits per heavy atom. The first-order valence-electron chi connectivity index (χ1n) is 10.0. The first kappa shape index (κ1) is 22.2. The molecule has 1 saturated heterocycles. The van der Waals surface area contributed by atoms with Crippen LogP contribution in [0.5, 0.6) is 5.75 Å². The SMILES string of the molecule is COc1cc(C(=O)N2CCCC(c3ccccc3)C2)ccc1COCCC(F)(F)F. The maximum Gasteiger partial charge on any atom is 0.391 e. The lowest BCUT2D eigenvalue weighted by Crippen LogP contribution is -2.39. The van der Waals surface area contributed by atoms with Crippen LogP contribution < -0.4 is 4.74 Å². The summed E-state index contributed by atoms with van der Waals surface area (Å²) in [6, 6.07) is 15.2. The van der Waals surface area contributed by atoms with Crippen LogP contribution in [-0.4, -0.2) is 43.8 Å². The standard InChI is InChI=1S/C23H26F3NO3/c1-29-21-14-18(9-10-20(21)16-30-13-11-23(24,25)26)22(28)27-12-5-8-19(15-27)17-6-3-2-4-7-17/h2-4,6-7,9-10,14,19H,5,8,11-13,15-16H2,1H3. The second-order valence-corrected chi connectivity index (χ2v) is 7.45. The van der Waals surface area contributed by atoms with Crippen LogP contribution in [-0.2, 0) is 11.3 Å². The number of nitrogens with zero attached hydrogens (tertiary/aromatic N) is 1. The van der Waals surface area contributed by atoms with Gasteiger partial charge in [0.1, 0.15) is 5.75 Å². The van der Waals surface area contributed by atoms with E-state index in [1.807, 2.05) is 23.1 Å². The normalized spacial score (nSPS) is 17.1. The zero-order valence-electron chi connectivity index (χ0n) is 17.0. The molecule has 1 unspecified atom stereocenters. The van der Waals surface area contributed by atoms with Gasteiger partial charge < -0.3 is 14.4 Å². The van der Waals surface area contributed by atoms with Crippen LogP contribution in [0.15, 0.2) is 48.5 Å². The Morgan fingerprint density at radius 3 is 2.63 bits per heavy atom. The quantitative estimate of drug-likeness (QED) is 0.578. The molecule has 0 N–H and O–H groups in total. The number of likely N-dealkylation sites (tertiary alicyclic amines) is 1. The predicted octanol–water partition coefficient (Wildman–Crippen LogP) is 5.18. The number of benzene rings is 2.